The molecule has 1 heterocycles. The summed E-state index contributed by atoms with van der Waals surface area (Å²) in [7, 11) is 0. The molecule has 0 saturated carbocycles. The van der Waals surface area contributed by atoms with E-state index in [0.29, 0.717) is 20.8 Å². The highest BCUT2D eigenvalue weighted by molar-refractivity contribution is 7.18. The van der Waals surface area contributed by atoms with Crippen LogP contribution < -0.4 is 10.1 Å². The molecule has 0 radical (unpaired) electrons. The highest BCUT2D eigenvalue weighted by Crippen LogP contribution is 2.27. The van der Waals surface area contributed by atoms with E-state index in [1.807, 2.05) is 0 Å². The van der Waals surface area contributed by atoms with Crippen molar-refractivity contribution >= 4 is 51.4 Å². The molecular formula is C13H9Cl2NO4S. The molecule has 0 fully saturated rings. The van der Waals surface area contributed by atoms with Crippen molar-refractivity contribution in [3.05, 3.63) is 45.3 Å². The second-order valence-electron chi connectivity index (χ2n) is 3.88. The van der Waals surface area contributed by atoms with Crippen molar-refractivity contribution in [2.24, 2.45) is 0 Å². The SMILES string of the molecule is O=C(COc1cc(Cl)ccc1Cl)Nc1ccc(C(=O)O)s1. The summed E-state index contributed by atoms with van der Waals surface area (Å²) >= 11 is 12.7. The fourth-order valence-corrected chi connectivity index (χ4v) is 2.52. The van der Waals surface area contributed by atoms with Crippen LogP contribution in [0.5, 0.6) is 5.75 Å². The van der Waals surface area contributed by atoms with E-state index in [0.717, 1.165) is 11.3 Å². The first-order valence-electron chi connectivity index (χ1n) is 5.66. The van der Waals surface area contributed by atoms with Crippen molar-refractivity contribution in [3.63, 3.8) is 0 Å². The van der Waals surface area contributed by atoms with Crippen molar-refractivity contribution in [1.82, 2.24) is 0 Å². The first-order valence-corrected chi connectivity index (χ1v) is 7.24. The first-order chi connectivity index (χ1) is 9.95. The summed E-state index contributed by atoms with van der Waals surface area (Å²) in [5.74, 6) is -1.16. The molecule has 21 heavy (non-hydrogen) atoms. The van der Waals surface area contributed by atoms with Crippen LogP contribution in [0.15, 0.2) is 30.3 Å². The van der Waals surface area contributed by atoms with Gasteiger partial charge in [0.05, 0.1) is 10.0 Å². The zero-order chi connectivity index (χ0) is 15.4. The third-order valence-corrected chi connectivity index (χ3v) is 3.87. The number of hydrogen-bond acceptors (Lipinski definition) is 4. The number of nitrogens with one attached hydrogen (secondary N) is 1. The van der Waals surface area contributed by atoms with E-state index in [1.54, 1.807) is 12.1 Å². The molecule has 0 aliphatic heterocycles. The highest BCUT2D eigenvalue weighted by atomic mass is 35.5. The Morgan fingerprint density at radius 2 is 2.00 bits per heavy atom. The predicted octanol–water partition coefficient (Wildman–Crippen LogP) is 3.77. The summed E-state index contributed by atoms with van der Waals surface area (Å²) in [6, 6.07) is 7.60. The molecule has 0 atom stereocenters. The molecule has 8 heteroatoms. The second-order valence-corrected chi connectivity index (χ2v) is 5.81. The van der Waals surface area contributed by atoms with Crippen LogP contribution in [0, 0.1) is 0 Å². The second kappa shape index (κ2) is 6.80. The van der Waals surface area contributed by atoms with E-state index < -0.39 is 11.9 Å². The van der Waals surface area contributed by atoms with Gasteiger partial charge in [-0.25, -0.2) is 4.79 Å². The summed E-state index contributed by atoms with van der Waals surface area (Å²) in [5, 5.41) is 12.5. The van der Waals surface area contributed by atoms with Gasteiger partial charge in [-0.3, -0.25) is 4.79 Å². The maximum absolute atomic E-state index is 11.7. The lowest BCUT2D eigenvalue weighted by atomic mass is 10.3. The largest absolute Gasteiger partial charge is 0.482 e. The van der Waals surface area contributed by atoms with Crippen LogP contribution in [0.4, 0.5) is 5.00 Å². The number of rotatable bonds is 5. The number of halogens is 2. The van der Waals surface area contributed by atoms with Gasteiger partial charge in [0.15, 0.2) is 6.61 Å². The molecule has 0 unspecified atom stereocenters. The molecule has 0 spiro atoms. The molecule has 110 valence electrons. The number of amides is 1. The maximum atomic E-state index is 11.7. The van der Waals surface area contributed by atoms with Gasteiger partial charge in [-0.2, -0.15) is 0 Å². The molecule has 5 nitrogen and oxygen atoms in total. The van der Waals surface area contributed by atoms with E-state index >= 15 is 0 Å². The van der Waals surface area contributed by atoms with Crippen LogP contribution in [0.1, 0.15) is 9.67 Å². The van der Waals surface area contributed by atoms with E-state index in [1.165, 1.54) is 18.2 Å². The van der Waals surface area contributed by atoms with Crippen molar-refractivity contribution in [2.45, 2.75) is 0 Å². The number of aromatic carboxylic acids is 1. The van der Waals surface area contributed by atoms with Crippen molar-refractivity contribution < 1.29 is 19.4 Å². The number of carboxylic acid groups (broad SMARTS) is 1. The van der Waals surface area contributed by atoms with Crippen LogP contribution in [0.2, 0.25) is 10.0 Å². The third kappa shape index (κ3) is 4.35. The number of thiophene rings is 1. The number of carboxylic acids is 1. The highest BCUT2D eigenvalue weighted by Gasteiger charge is 2.11. The number of anilines is 1. The average Bonchev–Trinajstić information content (AvgIpc) is 2.88. The van der Waals surface area contributed by atoms with E-state index in [9.17, 15) is 9.59 Å². The summed E-state index contributed by atoms with van der Waals surface area (Å²) in [5.41, 5.74) is 0. The molecular weight excluding hydrogens is 337 g/mol. The predicted molar refractivity (Wildman–Crippen MR) is 81.9 cm³/mol. The Morgan fingerprint density at radius 1 is 1.24 bits per heavy atom. The summed E-state index contributed by atoms with van der Waals surface area (Å²) in [4.78, 5) is 22.6. The summed E-state index contributed by atoms with van der Waals surface area (Å²) in [6.07, 6.45) is 0. The van der Waals surface area contributed by atoms with Gasteiger partial charge in [-0.05, 0) is 24.3 Å². The Bertz CT molecular complexity index is 687. The lowest BCUT2D eigenvalue weighted by Crippen LogP contribution is -2.19. The Morgan fingerprint density at radius 3 is 2.67 bits per heavy atom. The van der Waals surface area contributed by atoms with Gasteiger partial charge in [-0.1, -0.05) is 23.2 Å². The smallest absolute Gasteiger partial charge is 0.345 e. The molecule has 0 aliphatic rings. The number of ether oxygens (including phenoxy) is 1. The van der Waals surface area contributed by atoms with Crippen LogP contribution in [-0.4, -0.2) is 23.6 Å². The minimum absolute atomic E-state index is 0.143. The van der Waals surface area contributed by atoms with Crippen molar-refractivity contribution in [3.8, 4) is 5.75 Å². The van der Waals surface area contributed by atoms with E-state index in [2.05, 4.69) is 5.32 Å². The molecule has 0 saturated heterocycles. The summed E-state index contributed by atoms with van der Waals surface area (Å²) < 4.78 is 5.27. The van der Waals surface area contributed by atoms with Crippen molar-refractivity contribution in [1.29, 1.82) is 0 Å². The van der Waals surface area contributed by atoms with Gasteiger partial charge >= 0.3 is 5.97 Å². The summed E-state index contributed by atoms with van der Waals surface area (Å²) in [6.45, 7) is -0.264. The molecule has 2 rings (SSSR count). The Kier molecular flexibility index (Phi) is 5.06. The Hall–Kier alpha value is -1.76. The molecule has 1 aromatic carbocycles. The molecule has 1 amide bonds. The molecule has 1 aromatic heterocycles. The van der Waals surface area contributed by atoms with Gasteiger partial charge in [-0.15, -0.1) is 11.3 Å². The van der Waals surface area contributed by atoms with E-state index in [-0.39, 0.29) is 11.5 Å². The average molecular weight is 346 g/mol. The number of carbonyl (C=O) groups is 2. The Labute approximate surface area is 134 Å². The molecule has 2 N–H and O–H groups in total. The standard InChI is InChI=1S/C13H9Cl2NO4S/c14-7-1-2-8(15)9(5-7)20-6-11(17)16-12-4-3-10(21-12)13(18)19/h1-5H,6H2,(H,16,17)(H,18,19). The van der Waals surface area contributed by atoms with E-state index in [4.69, 9.17) is 33.0 Å². The lowest BCUT2D eigenvalue weighted by molar-refractivity contribution is -0.118. The fourth-order valence-electron chi connectivity index (χ4n) is 1.42. The molecule has 0 bridgehead atoms. The quantitative estimate of drug-likeness (QED) is 0.864. The normalized spacial score (nSPS) is 10.2. The number of benzene rings is 1. The zero-order valence-electron chi connectivity index (χ0n) is 10.4. The van der Waals surface area contributed by atoms with Gasteiger partial charge in [0.2, 0.25) is 0 Å². The minimum Gasteiger partial charge on any atom is -0.482 e. The van der Waals surface area contributed by atoms with Gasteiger partial charge < -0.3 is 15.2 Å². The van der Waals surface area contributed by atoms with Crippen molar-refractivity contribution in [2.75, 3.05) is 11.9 Å². The molecule has 2 aromatic rings. The zero-order valence-corrected chi connectivity index (χ0v) is 12.8. The topological polar surface area (TPSA) is 75.6 Å². The fraction of sp³-hybridized carbons (Fsp3) is 0.0769. The van der Waals surface area contributed by atoms with Crippen LogP contribution in [-0.2, 0) is 4.79 Å². The van der Waals surface area contributed by atoms with Gasteiger partial charge in [0.1, 0.15) is 10.6 Å². The van der Waals surface area contributed by atoms with Gasteiger partial charge in [0.25, 0.3) is 5.91 Å². The van der Waals surface area contributed by atoms with Crippen LogP contribution in [0.25, 0.3) is 0 Å². The first kappa shape index (κ1) is 15.6. The molecule has 0 aliphatic carbocycles. The van der Waals surface area contributed by atoms with Crippen LogP contribution >= 0.6 is 34.5 Å². The maximum Gasteiger partial charge on any atom is 0.345 e. The monoisotopic (exact) mass is 345 g/mol. The number of carbonyl (C=O) groups excluding carboxylic acids is 1. The van der Waals surface area contributed by atoms with Gasteiger partial charge in [0, 0.05) is 11.1 Å². The lowest BCUT2D eigenvalue weighted by Gasteiger charge is -2.08. The third-order valence-electron chi connectivity index (χ3n) is 2.33. The number of hydrogen-bond donors (Lipinski definition) is 2. The Balaban J connectivity index is 1.92. The minimum atomic E-state index is -1.04. The van der Waals surface area contributed by atoms with Crippen LogP contribution in [0.3, 0.4) is 0 Å².